The van der Waals surface area contributed by atoms with Crippen LogP contribution in [-0.4, -0.2) is 28.2 Å². The highest BCUT2D eigenvalue weighted by atomic mass is 16.6. The average molecular weight is 220 g/mol. The molecule has 1 aliphatic heterocycles. The molecule has 0 amide bonds. The number of allylic oxidation sites excluding steroid dienone is 1. The summed E-state index contributed by atoms with van der Waals surface area (Å²) in [4.78, 5) is 11.6. The van der Waals surface area contributed by atoms with E-state index in [0.717, 1.165) is 6.07 Å². The van der Waals surface area contributed by atoms with Crippen LogP contribution in [-0.2, 0) is 4.74 Å². The topological polar surface area (TPSA) is 70.1 Å². The molecule has 0 spiro atoms. The lowest BCUT2D eigenvalue weighted by atomic mass is 10.1. The molecular formula is C12H12O4. The lowest BCUT2D eigenvalue weighted by molar-refractivity contribution is 0.104. The molecule has 4 heteroatoms. The number of hydrogen-bond donors (Lipinski definition) is 2. The third kappa shape index (κ3) is 2.23. The maximum absolute atomic E-state index is 11.6. The molecule has 4 nitrogen and oxygen atoms in total. The van der Waals surface area contributed by atoms with Crippen LogP contribution in [0, 0.1) is 0 Å². The number of phenols is 2. The number of ether oxygens (including phenoxy) is 1. The number of epoxide rings is 1. The minimum atomic E-state index is -0.305. The largest absolute Gasteiger partial charge is 0.508 e. The minimum Gasteiger partial charge on any atom is -0.508 e. The van der Waals surface area contributed by atoms with Crippen molar-refractivity contribution in [3.63, 3.8) is 0 Å². The molecule has 84 valence electrons. The Balaban J connectivity index is 2.11. The molecule has 1 aromatic rings. The van der Waals surface area contributed by atoms with E-state index in [2.05, 4.69) is 0 Å². The quantitative estimate of drug-likeness (QED) is 0.461. The molecule has 0 aliphatic carbocycles. The van der Waals surface area contributed by atoms with Crippen molar-refractivity contribution >= 4 is 5.78 Å². The Morgan fingerprint density at radius 3 is 2.69 bits per heavy atom. The zero-order valence-corrected chi connectivity index (χ0v) is 8.75. The SMILES string of the molecule is C[C@@H]1O[C@H]1/C=C/C(=O)c1ccc(O)cc1O. The van der Waals surface area contributed by atoms with E-state index in [0.29, 0.717) is 0 Å². The van der Waals surface area contributed by atoms with Gasteiger partial charge in [0.25, 0.3) is 0 Å². The Morgan fingerprint density at radius 1 is 1.44 bits per heavy atom. The third-order valence-electron chi connectivity index (χ3n) is 2.44. The number of aromatic hydroxyl groups is 2. The lowest BCUT2D eigenvalue weighted by Gasteiger charge is -2.00. The molecule has 0 radical (unpaired) electrons. The maximum Gasteiger partial charge on any atom is 0.189 e. The van der Waals surface area contributed by atoms with E-state index in [1.54, 1.807) is 6.08 Å². The van der Waals surface area contributed by atoms with Crippen LogP contribution in [0.5, 0.6) is 11.5 Å². The van der Waals surface area contributed by atoms with E-state index < -0.39 is 0 Å². The van der Waals surface area contributed by atoms with Crippen LogP contribution < -0.4 is 0 Å². The van der Waals surface area contributed by atoms with Gasteiger partial charge in [0.2, 0.25) is 0 Å². The molecule has 1 fully saturated rings. The Labute approximate surface area is 92.8 Å². The van der Waals surface area contributed by atoms with Gasteiger partial charge in [0.1, 0.15) is 17.6 Å². The van der Waals surface area contributed by atoms with Crippen LogP contribution in [0.15, 0.2) is 30.4 Å². The van der Waals surface area contributed by atoms with Crippen molar-refractivity contribution in [3.05, 3.63) is 35.9 Å². The number of phenolic OH excluding ortho intramolecular Hbond substituents is 2. The number of rotatable bonds is 3. The van der Waals surface area contributed by atoms with Crippen molar-refractivity contribution in [1.29, 1.82) is 0 Å². The van der Waals surface area contributed by atoms with Gasteiger partial charge in [-0.1, -0.05) is 0 Å². The molecule has 0 unspecified atom stereocenters. The number of ketones is 1. The summed E-state index contributed by atoms with van der Waals surface area (Å²) < 4.78 is 5.11. The van der Waals surface area contributed by atoms with E-state index in [1.807, 2.05) is 6.92 Å². The zero-order chi connectivity index (χ0) is 11.7. The van der Waals surface area contributed by atoms with Gasteiger partial charge in [-0.25, -0.2) is 0 Å². The summed E-state index contributed by atoms with van der Waals surface area (Å²) in [7, 11) is 0. The van der Waals surface area contributed by atoms with Crippen molar-refractivity contribution < 1.29 is 19.7 Å². The van der Waals surface area contributed by atoms with E-state index in [4.69, 9.17) is 9.84 Å². The lowest BCUT2D eigenvalue weighted by Crippen LogP contribution is -1.95. The van der Waals surface area contributed by atoms with Gasteiger partial charge in [0, 0.05) is 6.07 Å². The number of benzene rings is 1. The third-order valence-corrected chi connectivity index (χ3v) is 2.44. The summed E-state index contributed by atoms with van der Waals surface area (Å²) in [6.07, 6.45) is 3.21. The van der Waals surface area contributed by atoms with Gasteiger partial charge in [-0.2, -0.15) is 0 Å². The fourth-order valence-corrected chi connectivity index (χ4v) is 1.40. The smallest absolute Gasteiger partial charge is 0.189 e. The summed E-state index contributed by atoms with van der Waals surface area (Å²) in [6.45, 7) is 1.91. The van der Waals surface area contributed by atoms with E-state index in [1.165, 1.54) is 18.2 Å². The van der Waals surface area contributed by atoms with Gasteiger partial charge < -0.3 is 14.9 Å². The first-order valence-corrected chi connectivity index (χ1v) is 4.98. The zero-order valence-electron chi connectivity index (χ0n) is 8.75. The monoisotopic (exact) mass is 220 g/mol. The number of hydrogen-bond acceptors (Lipinski definition) is 4. The van der Waals surface area contributed by atoms with Crippen LogP contribution in [0.4, 0.5) is 0 Å². The fourth-order valence-electron chi connectivity index (χ4n) is 1.40. The maximum atomic E-state index is 11.6. The van der Waals surface area contributed by atoms with Crippen LogP contribution in [0.2, 0.25) is 0 Å². The summed E-state index contributed by atoms with van der Waals surface area (Å²) in [5.74, 6) is -0.600. The van der Waals surface area contributed by atoms with Gasteiger partial charge >= 0.3 is 0 Å². The molecule has 2 rings (SSSR count). The molecule has 0 aromatic heterocycles. The molecule has 2 N–H and O–H groups in total. The van der Waals surface area contributed by atoms with Crippen molar-refractivity contribution in [2.75, 3.05) is 0 Å². The van der Waals surface area contributed by atoms with Crippen molar-refractivity contribution in [1.82, 2.24) is 0 Å². The van der Waals surface area contributed by atoms with E-state index >= 15 is 0 Å². The highest BCUT2D eigenvalue weighted by molar-refractivity contribution is 6.06. The van der Waals surface area contributed by atoms with E-state index in [-0.39, 0.29) is 35.1 Å². The average Bonchev–Trinajstić information content (AvgIpc) is 2.91. The molecule has 1 saturated heterocycles. The van der Waals surface area contributed by atoms with Gasteiger partial charge in [0.15, 0.2) is 5.78 Å². The van der Waals surface area contributed by atoms with Gasteiger partial charge in [-0.05, 0) is 31.2 Å². The predicted octanol–water partition coefficient (Wildman–Crippen LogP) is 1.62. The Morgan fingerprint density at radius 2 is 2.12 bits per heavy atom. The van der Waals surface area contributed by atoms with Gasteiger partial charge in [-0.15, -0.1) is 0 Å². The molecule has 1 heterocycles. The Kier molecular flexibility index (Phi) is 2.66. The van der Waals surface area contributed by atoms with Crippen LogP contribution in [0.3, 0.4) is 0 Å². The van der Waals surface area contributed by atoms with E-state index in [9.17, 15) is 9.90 Å². The number of carbonyl (C=O) groups excluding carboxylic acids is 1. The fraction of sp³-hybridized carbons (Fsp3) is 0.250. The van der Waals surface area contributed by atoms with Crippen molar-refractivity contribution in [2.24, 2.45) is 0 Å². The van der Waals surface area contributed by atoms with Crippen molar-refractivity contribution in [3.8, 4) is 11.5 Å². The number of carbonyl (C=O) groups is 1. The molecule has 2 atom stereocenters. The molecule has 1 aromatic carbocycles. The van der Waals surface area contributed by atoms with Crippen molar-refractivity contribution in [2.45, 2.75) is 19.1 Å². The predicted molar refractivity (Wildman–Crippen MR) is 57.6 cm³/mol. The molecule has 16 heavy (non-hydrogen) atoms. The highest BCUT2D eigenvalue weighted by Crippen LogP contribution is 2.25. The Hall–Kier alpha value is -1.81. The van der Waals surface area contributed by atoms with Gasteiger partial charge in [-0.3, -0.25) is 4.79 Å². The summed E-state index contributed by atoms with van der Waals surface area (Å²) >= 11 is 0. The normalized spacial score (nSPS) is 23.6. The summed E-state index contributed by atoms with van der Waals surface area (Å²) in [5.41, 5.74) is 0.169. The highest BCUT2D eigenvalue weighted by Gasteiger charge is 2.31. The first kappa shape index (κ1) is 10.7. The molecule has 0 bridgehead atoms. The standard InChI is InChI=1S/C12H12O4/c1-7-12(16-7)5-4-10(14)9-3-2-8(13)6-11(9)15/h2-7,12-13,15H,1H3/b5-4+/t7-,12-/m0/s1. The van der Waals surface area contributed by atoms with Crippen LogP contribution in [0.25, 0.3) is 0 Å². The second-order valence-electron chi connectivity index (χ2n) is 3.73. The second kappa shape index (κ2) is 3.98. The Bertz CT molecular complexity index is 450. The molecule has 0 saturated carbocycles. The molecule has 1 aliphatic rings. The second-order valence-corrected chi connectivity index (χ2v) is 3.73. The summed E-state index contributed by atoms with van der Waals surface area (Å²) in [5, 5.41) is 18.5. The first-order chi connectivity index (χ1) is 7.58. The van der Waals surface area contributed by atoms with Crippen LogP contribution >= 0.6 is 0 Å². The summed E-state index contributed by atoms with van der Waals surface area (Å²) in [6, 6.07) is 3.88. The minimum absolute atomic E-state index is 0.00297. The van der Waals surface area contributed by atoms with Crippen LogP contribution in [0.1, 0.15) is 17.3 Å². The molecular weight excluding hydrogens is 208 g/mol. The first-order valence-electron chi connectivity index (χ1n) is 4.98. The van der Waals surface area contributed by atoms with Gasteiger partial charge in [0.05, 0.1) is 11.7 Å².